The average molecular weight is 494 g/mol. The number of carboxylic acid groups (broad SMARTS) is 1. The second-order valence-corrected chi connectivity index (χ2v) is 9.77. The van der Waals surface area contributed by atoms with E-state index in [2.05, 4.69) is 25.4 Å². The number of nitrogens with one attached hydrogen (secondary N) is 1. The van der Waals surface area contributed by atoms with E-state index < -0.39 is 22.1 Å². The minimum absolute atomic E-state index is 0.0517. The number of carboxylic acids is 1. The van der Waals surface area contributed by atoms with Gasteiger partial charge < -0.3 is 21.4 Å². The van der Waals surface area contributed by atoms with Crippen LogP contribution < -0.4 is 11.1 Å². The van der Waals surface area contributed by atoms with E-state index in [-0.39, 0.29) is 34.5 Å². The lowest BCUT2D eigenvalue weighted by molar-refractivity contribution is -0.146. The number of oxime groups is 1. The van der Waals surface area contributed by atoms with Gasteiger partial charge in [-0.15, -0.1) is 23.1 Å². The summed E-state index contributed by atoms with van der Waals surface area (Å²) in [6.45, 7) is 0. The number of aromatic nitrogens is 3. The third kappa shape index (κ3) is 3.89. The van der Waals surface area contributed by atoms with Gasteiger partial charge in [-0.2, -0.15) is 0 Å². The molecule has 1 unspecified atom stereocenters. The molecule has 0 spiro atoms. The van der Waals surface area contributed by atoms with Crippen LogP contribution in [-0.4, -0.2) is 65.3 Å². The first kappa shape index (κ1) is 22.0. The summed E-state index contributed by atoms with van der Waals surface area (Å²) in [6.07, 6.45) is 3.65. The largest absolute Gasteiger partial charge is 0.477 e. The number of nitrogens with zero attached hydrogens (tertiary/aromatic N) is 5. The van der Waals surface area contributed by atoms with Crippen LogP contribution in [0, 0.1) is 0 Å². The van der Waals surface area contributed by atoms with Gasteiger partial charge in [0.15, 0.2) is 10.0 Å². The Labute approximate surface area is 193 Å². The molecule has 15 heteroatoms. The van der Waals surface area contributed by atoms with Gasteiger partial charge in [0.1, 0.15) is 18.2 Å². The minimum atomic E-state index is -1.47. The maximum atomic E-state index is 12.5. The van der Waals surface area contributed by atoms with Gasteiger partial charge in [0.25, 0.3) is 5.91 Å². The van der Waals surface area contributed by atoms with Crippen LogP contribution in [-0.2, 0) is 19.3 Å². The van der Waals surface area contributed by atoms with E-state index in [1.807, 2.05) is 0 Å². The topological polar surface area (TPSA) is 184 Å². The number of carbonyl (C=O) groups excluding carboxylic acids is 2. The number of anilines is 1. The first-order valence-corrected chi connectivity index (χ1v) is 11.7. The molecule has 2 aliphatic heterocycles. The number of rotatable bonds is 7. The summed E-state index contributed by atoms with van der Waals surface area (Å²) in [5.74, 6) is -2.38. The fourth-order valence-electron chi connectivity index (χ4n) is 3.34. The number of carbonyl (C=O) groups is 3. The van der Waals surface area contributed by atoms with Crippen LogP contribution in [0.1, 0.15) is 12.1 Å². The Morgan fingerprint density at radius 3 is 2.91 bits per heavy atom. The molecule has 2 aromatic rings. The van der Waals surface area contributed by atoms with E-state index in [1.54, 1.807) is 17.6 Å². The van der Waals surface area contributed by atoms with Crippen molar-refractivity contribution in [1.29, 1.82) is 0 Å². The van der Waals surface area contributed by atoms with Crippen LogP contribution in [0.5, 0.6) is 0 Å². The zero-order valence-corrected chi connectivity index (χ0v) is 18.5. The van der Waals surface area contributed by atoms with Crippen molar-refractivity contribution in [2.45, 2.75) is 21.7 Å². The van der Waals surface area contributed by atoms with Crippen LogP contribution in [0.3, 0.4) is 0 Å². The van der Waals surface area contributed by atoms with Crippen molar-refractivity contribution in [3.8, 4) is 0 Å². The fourth-order valence-corrected chi connectivity index (χ4v) is 6.70. The lowest BCUT2D eigenvalue weighted by Crippen LogP contribution is -2.61. The predicted molar refractivity (Wildman–Crippen MR) is 117 cm³/mol. The van der Waals surface area contributed by atoms with Crippen LogP contribution >= 0.6 is 34.9 Å². The molecule has 0 bridgehead atoms. The van der Waals surface area contributed by atoms with E-state index in [0.717, 1.165) is 11.3 Å². The second kappa shape index (κ2) is 8.76. The Hall–Kier alpha value is -3.17. The molecular weight excluding hydrogens is 478 g/mol. The van der Waals surface area contributed by atoms with Crippen molar-refractivity contribution >= 4 is 64.0 Å². The number of amides is 2. The van der Waals surface area contributed by atoms with Gasteiger partial charge in [0.2, 0.25) is 5.91 Å². The Kier molecular flexibility index (Phi) is 6.03. The molecule has 0 aliphatic carbocycles. The molecule has 0 radical (unpaired) electrons. The van der Waals surface area contributed by atoms with Crippen molar-refractivity contribution in [2.75, 3.05) is 11.5 Å². The minimum Gasteiger partial charge on any atom is -0.477 e. The normalized spacial score (nSPS) is 22.6. The van der Waals surface area contributed by atoms with Crippen LogP contribution in [0.4, 0.5) is 5.13 Å². The highest BCUT2D eigenvalue weighted by Gasteiger charge is 2.56. The standard InChI is InChI=1S/C17H15N7O5S3/c18-16-22-9(6-31-16)17(23-10(25)4-21-29)8(5-30-11-1-2-19-7-20-11)14(15(27)28)24-12(26)3-13(24)32-17/h1-2,4,6-7,13,29H,3,5H2,(H2,18,22)(H,23,25)(H,27,28)/t13-,17?/m0/s1. The summed E-state index contributed by atoms with van der Waals surface area (Å²) in [5.41, 5.74) is 6.12. The zero-order valence-electron chi connectivity index (χ0n) is 16.0. The van der Waals surface area contributed by atoms with Gasteiger partial charge in [-0.25, -0.2) is 19.7 Å². The third-order valence-corrected chi connectivity index (χ3v) is 7.85. The maximum absolute atomic E-state index is 12.5. The Bertz CT molecular complexity index is 1140. The van der Waals surface area contributed by atoms with Gasteiger partial charge in [0, 0.05) is 22.9 Å². The van der Waals surface area contributed by atoms with Gasteiger partial charge in [-0.05, 0) is 6.07 Å². The summed E-state index contributed by atoms with van der Waals surface area (Å²) in [4.78, 5) is 49.2. The molecule has 2 atom stereocenters. The molecule has 2 aromatic heterocycles. The molecule has 2 amide bonds. The molecule has 5 N–H and O–H groups in total. The third-order valence-electron chi connectivity index (χ3n) is 4.65. The lowest BCUT2D eigenvalue weighted by atomic mass is 9.98. The van der Waals surface area contributed by atoms with Crippen molar-refractivity contribution in [3.63, 3.8) is 0 Å². The van der Waals surface area contributed by atoms with Crippen molar-refractivity contribution < 1.29 is 24.7 Å². The smallest absolute Gasteiger partial charge is 0.352 e. The number of nitrogen functional groups attached to an aromatic ring is 1. The van der Waals surface area contributed by atoms with Crippen molar-refractivity contribution in [3.05, 3.63) is 40.9 Å². The van der Waals surface area contributed by atoms with Gasteiger partial charge >= 0.3 is 5.97 Å². The molecular formula is C17H15N7O5S3. The maximum Gasteiger partial charge on any atom is 0.352 e. The van der Waals surface area contributed by atoms with Crippen LogP contribution in [0.25, 0.3) is 0 Å². The monoisotopic (exact) mass is 493 g/mol. The van der Waals surface area contributed by atoms with E-state index in [4.69, 9.17) is 10.9 Å². The average Bonchev–Trinajstić information content (AvgIpc) is 3.19. The van der Waals surface area contributed by atoms with Gasteiger partial charge in [-0.3, -0.25) is 14.5 Å². The number of thiazole rings is 1. The van der Waals surface area contributed by atoms with Gasteiger partial charge in [0.05, 0.1) is 22.5 Å². The highest BCUT2D eigenvalue weighted by Crippen LogP contribution is 2.54. The number of hydrogen-bond acceptors (Lipinski definition) is 12. The first-order valence-electron chi connectivity index (χ1n) is 8.92. The second-order valence-electron chi connectivity index (χ2n) is 6.49. The van der Waals surface area contributed by atoms with Crippen LogP contribution in [0.15, 0.2) is 45.4 Å². The molecule has 1 fully saturated rings. The summed E-state index contributed by atoms with van der Waals surface area (Å²) in [5, 5.41) is 26.2. The fraction of sp³-hybridized carbons (Fsp3) is 0.235. The molecule has 0 saturated carbocycles. The van der Waals surface area contributed by atoms with Crippen LogP contribution in [0.2, 0.25) is 0 Å². The lowest BCUT2D eigenvalue weighted by Gasteiger charge is -2.51. The van der Waals surface area contributed by atoms with Crippen molar-refractivity contribution in [2.24, 2.45) is 5.16 Å². The quantitative estimate of drug-likeness (QED) is 0.106. The number of nitrogens with two attached hydrogens (primary N) is 1. The number of thioether (sulfide) groups is 2. The molecule has 0 aromatic carbocycles. The summed E-state index contributed by atoms with van der Waals surface area (Å²) < 4.78 is 0. The molecule has 1 saturated heterocycles. The zero-order chi connectivity index (χ0) is 22.9. The van der Waals surface area contributed by atoms with E-state index in [1.165, 1.54) is 34.8 Å². The number of aliphatic carboxylic acids is 1. The molecule has 2 aliphatic rings. The number of hydrogen-bond donors (Lipinski definition) is 4. The number of β-lactam (4-membered cyclic amide) rings is 1. The Morgan fingerprint density at radius 2 is 2.31 bits per heavy atom. The van der Waals surface area contributed by atoms with Gasteiger partial charge in [-0.1, -0.05) is 16.9 Å². The van der Waals surface area contributed by atoms with E-state index >= 15 is 0 Å². The van der Waals surface area contributed by atoms with E-state index in [9.17, 15) is 19.5 Å². The van der Waals surface area contributed by atoms with E-state index in [0.29, 0.717) is 16.9 Å². The molecule has 4 heterocycles. The molecule has 32 heavy (non-hydrogen) atoms. The Morgan fingerprint density at radius 1 is 1.50 bits per heavy atom. The van der Waals surface area contributed by atoms with Crippen molar-refractivity contribution in [1.82, 2.24) is 25.2 Å². The highest BCUT2D eigenvalue weighted by atomic mass is 32.2. The highest BCUT2D eigenvalue weighted by molar-refractivity contribution is 8.01. The molecule has 166 valence electrons. The number of fused-ring (bicyclic) bond motifs is 1. The SMILES string of the molecule is Nc1nc(C2(NC(=O)C=NO)S[C@H]3CC(=O)N3C(C(=O)O)=C2CSc2ccncn2)cs1. The molecule has 12 nitrogen and oxygen atoms in total. The molecule has 4 rings (SSSR count). The summed E-state index contributed by atoms with van der Waals surface area (Å²) in [7, 11) is 0. The summed E-state index contributed by atoms with van der Waals surface area (Å²) in [6, 6.07) is 1.65. The predicted octanol–water partition coefficient (Wildman–Crippen LogP) is 0.681. The summed E-state index contributed by atoms with van der Waals surface area (Å²) >= 11 is 3.50. The Balaban J connectivity index is 1.89. The first-order chi connectivity index (χ1) is 15.4.